The second-order valence-corrected chi connectivity index (χ2v) is 6.83. The zero-order valence-electron chi connectivity index (χ0n) is 15.9. The van der Waals surface area contributed by atoms with E-state index in [2.05, 4.69) is 21.5 Å². The summed E-state index contributed by atoms with van der Waals surface area (Å²) in [6.45, 7) is 1.36. The van der Waals surface area contributed by atoms with Gasteiger partial charge in [0.15, 0.2) is 0 Å². The van der Waals surface area contributed by atoms with E-state index in [0.29, 0.717) is 12.2 Å². The fraction of sp³-hybridized carbons (Fsp3) is 0.190. The smallest absolute Gasteiger partial charge is 0.270 e. The summed E-state index contributed by atoms with van der Waals surface area (Å²) in [5, 5.41) is 7.33. The molecule has 0 aliphatic heterocycles. The van der Waals surface area contributed by atoms with E-state index in [-0.39, 0.29) is 5.91 Å². The number of fused-ring (bicyclic) bond motifs is 1. The minimum Gasteiger partial charge on any atom is -0.349 e. The quantitative estimate of drug-likeness (QED) is 0.563. The number of hydrogen-bond acceptors (Lipinski definition) is 4. The van der Waals surface area contributed by atoms with Crippen LogP contribution >= 0.6 is 0 Å². The van der Waals surface area contributed by atoms with E-state index >= 15 is 0 Å². The standard InChI is InChI=1S/C21H22N6O/c1-25(2)13-12-23-21(28)19-9-11-24-27(19)20-8-7-18-6-5-17(15-26(18)20)16-4-3-10-22-14-16/h3-11,14-15H,12-13H2,1-2H3,(H,23,28). The van der Waals surface area contributed by atoms with Gasteiger partial charge in [0.05, 0.1) is 6.20 Å². The van der Waals surface area contributed by atoms with Crippen molar-refractivity contribution >= 4 is 11.4 Å². The minimum absolute atomic E-state index is 0.141. The summed E-state index contributed by atoms with van der Waals surface area (Å²) in [6.07, 6.45) is 7.28. The zero-order valence-corrected chi connectivity index (χ0v) is 15.9. The van der Waals surface area contributed by atoms with Gasteiger partial charge < -0.3 is 14.6 Å². The molecule has 4 aromatic heterocycles. The molecule has 4 aromatic rings. The molecule has 0 saturated carbocycles. The van der Waals surface area contributed by atoms with Gasteiger partial charge in [-0.25, -0.2) is 4.68 Å². The third kappa shape index (κ3) is 3.52. The zero-order chi connectivity index (χ0) is 19.5. The Balaban J connectivity index is 1.69. The Morgan fingerprint density at radius 3 is 2.71 bits per heavy atom. The van der Waals surface area contributed by atoms with Crippen molar-refractivity contribution in [2.45, 2.75) is 0 Å². The average molecular weight is 374 g/mol. The van der Waals surface area contributed by atoms with Crippen LogP contribution in [0.25, 0.3) is 22.5 Å². The molecule has 0 radical (unpaired) electrons. The molecule has 0 atom stereocenters. The summed E-state index contributed by atoms with van der Waals surface area (Å²) in [7, 11) is 3.95. The van der Waals surface area contributed by atoms with E-state index in [0.717, 1.165) is 29.0 Å². The summed E-state index contributed by atoms with van der Waals surface area (Å²) in [5.41, 5.74) is 3.61. The highest BCUT2D eigenvalue weighted by Crippen LogP contribution is 2.22. The average Bonchev–Trinajstić information content (AvgIpc) is 3.34. The first-order valence-electron chi connectivity index (χ1n) is 9.12. The summed E-state index contributed by atoms with van der Waals surface area (Å²) >= 11 is 0. The molecule has 28 heavy (non-hydrogen) atoms. The van der Waals surface area contributed by atoms with Crippen LogP contribution in [0.4, 0.5) is 0 Å². The molecular formula is C21H22N6O. The van der Waals surface area contributed by atoms with Gasteiger partial charge in [-0.2, -0.15) is 5.10 Å². The molecule has 7 nitrogen and oxygen atoms in total. The van der Waals surface area contributed by atoms with Crippen molar-refractivity contribution in [1.82, 2.24) is 29.4 Å². The highest BCUT2D eigenvalue weighted by atomic mass is 16.2. The SMILES string of the molecule is CN(C)CCNC(=O)c1ccnn1-c1ccc2ccc(-c3cccnc3)cn12. The molecular weight excluding hydrogens is 352 g/mol. The Morgan fingerprint density at radius 1 is 1.07 bits per heavy atom. The molecule has 0 aliphatic carbocycles. The molecule has 4 rings (SSSR count). The minimum atomic E-state index is -0.141. The number of nitrogens with one attached hydrogen (secondary N) is 1. The fourth-order valence-electron chi connectivity index (χ4n) is 3.10. The second kappa shape index (κ2) is 7.66. The lowest BCUT2D eigenvalue weighted by atomic mass is 10.1. The van der Waals surface area contributed by atoms with Gasteiger partial charge in [0, 0.05) is 42.8 Å². The van der Waals surface area contributed by atoms with Crippen LogP contribution in [0.15, 0.2) is 67.3 Å². The number of pyridine rings is 2. The molecule has 4 heterocycles. The topological polar surface area (TPSA) is 67.5 Å². The number of nitrogens with zero attached hydrogens (tertiary/aromatic N) is 5. The Kier molecular flexibility index (Phi) is 4.90. The number of likely N-dealkylation sites (N-methyl/N-ethyl adjacent to an activating group) is 1. The van der Waals surface area contributed by atoms with Crippen LogP contribution in [0.5, 0.6) is 0 Å². The maximum atomic E-state index is 12.6. The lowest BCUT2D eigenvalue weighted by Gasteiger charge is -2.12. The highest BCUT2D eigenvalue weighted by Gasteiger charge is 2.15. The molecule has 0 aliphatic rings. The van der Waals surface area contributed by atoms with Gasteiger partial charge in [-0.15, -0.1) is 0 Å². The maximum absolute atomic E-state index is 12.6. The molecule has 142 valence electrons. The first-order chi connectivity index (χ1) is 13.6. The molecule has 0 saturated heterocycles. The van der Waals surface area contributed by atoms with E-state index < -0.39 is 0 Å². The van der Waals surface area contributed by atoms with Gasteiger partial charge in [0.1, 0.15) is 11.5 Å². The Hall–Kier alpha value is -3.45. The van der Waals surface area contributed by atoms with Gasteiger partial charge in [0.2, 0.25) is 0 Å². The first kappa shape index (κ1) is 17.9. The number of amides is 1. The molecule has 1 N–H and O–H groups in total. The van der Waals surface area contributed by atoms with E-state index in [9.17, 15) is 4.79 Å². The predicted octanol–water partition coefficient (Wildman–Crippen LogP) is 2.48. The number of hydrogen-bond donors (Lipinski definition) is 1. The number of aromatic nitrogens is 4. The van der Waals surface area contributed by atoms with Gasteiger partial charge in [0.25, 0.3) is 5.91 Å². The van der Waals surface area contributed by atoms with Gasteiger partial charge in [-0.05, 0) is 50.0 Å². The highest BCUT2D eigenvalue weighted by molar-refractivity contribution is 5.93. The largest absolute Gasteiger partial charge is 0.349 e. The molecule has 7 heteroatoms. The van der Waals surface area contributed by atoms with Crippen LogP contribution in [0.2, 0.25) is 0 Å². The fourth-order valence-corrected chi connectivity index (χ4v) is 3.10. The van der Waals surface area contributed by atoms with Gasteiger partial charge >= 0.3 is 0 Å². The van der Waals surface area contributed by atoms with Crippen molar-refractivity contribution in [3.05, 3.63) is 72.9 Å². The van der Waals surface area contributed by atoms with Crippen LogP contribution in [0.3, 0.4) is 0 Å². The van der Waals surface area contributed by atoms with Crippen molar-refractivity contribution in [2.24, 2.45) is 0 Å². The maximum Gasteiger partial charge on any atom is 0.270 e. The van der Waals surface area contributed by atoms with Crippen molar-refractivity contribution in [3.8, 4) is 16.9 Å². The van der Waals surface area contributed by atoms with E-state index in [4.69, 9.17) is 0 Å². The van der Waals surface area contributed by atoms with Crippen molar-refractivity contribution in [3.63, 3.8) is 0 Å². The predicted molar refractivity (Wildman–Crippen MR) is 109 cm³/mol. The lowest BCUT2D eigenvalue weighted by Crippen LogP contribution is -2.32. The van der Waals surface area contributed by atoms with Crippen molar-refractivity contribution < 1.29 is 4.79 Å². The molecule has 1 amide bonds. The number of carbonyl (C=O) groups is 1. The molecule has 0 fully saturated rings. The van der Waals surface area contributed by atoms with Crippen LogP contribution < -0.4 is 5.32 Å². The van der Waals surface area contributed by atoms with E-state index in [1.165, 1.54) is 0 Å². The van der Waals surface area contributed by atoms with E-state index in [1.54, 1.807) is 23.1 Å². The van der Waals surface area contributed by atoms with Gasteiger partial charge in [-0.1, -0.05) is 12.1 Å². The second-order valence-electron chi connectivity index (χ2n) is 6.83. The summed E-state index contributed by atoms with van der Waals surface area (Å²) in [5.74, 6) is 0.668. The molecule has 0 bridgehead atoms. The normalized spacial score (nSPS) is 11.2. The van der Waals surface area contributed by atoms with Crippen molar-refractivity contribution in [2.75, 3.05) is 27.2 Å². The molecule has 0 unspecified atom stereocenters. The molecule has 0 aromatic carbocycles. The Bertz CT molecular complexity index is 1100. The number of carbonyl (C=O) groups excluding carboxylic acids is 1. The summed E-state index contributed by atoms with van der Waals surface area (Å²) < 4.78 is 3.71. The summed E-state index contributed by atoms with van der Waals surface area (Å²) in [4.78, 5) is 18.8. The third-order valence-corrected chi connectivity index (χ3v) is 4.56. The first-order valence-corrected chi connectivity index (χ1v) is 9.12. The van der Waals surface area contributed by atoms with Crippen LogP contribution in [-0.4, -0.2) is 57.2 Å². The van der Waals surface area contributed by atoms with Crippen LogP contribution in [0, 0.1) is 0 Å². The van der Waals surface area contributed by atoms with Crippen LogP contribution in [0.1, 0.15) is 10.5 Å². The third-order valence-electron chi connectivity index (χ3n) is 4.56. The number of rotatable bonds is 6. The summed E-state index contributed by atoms with van der Waals surface area (Å²) in [6, 6.07) is 13.8. The van der Waals surface area contributed by atoms with E-state index in [1.807, 2.05) is 66.1 Å². The van der Waals surface area contributed by atoms with Gasteiger partial charge in [-0.3, -0.25) is 9.78 Å². The van der Waals surface area contributed by atoms with Crippen LogP contribution in [-0.2, 0) is 0 Å². The van der Waals surface area contributed by atoms with Crippen molar-refractivity contribution in [1.29, 1.82) is 0 Å². The monoisotopic (exact) mass is 374 g/mol. The lowest BCUT2D eigenvalue weighted by molar-refractivity contribution is 0.0943. The Morgan fingerprint density at radius 2 is 1.93 bits per heavy atom. The Labute approximate surface area is 163 Å². The molecule has 0 spiro atoms.